The zero-order valence-electron chi connectivity index (χ0n) is 13.0. The maximum absolute atomic E-state index is 13.5. The molecule has 1 unspecified atom stereocenters. The number of nitrogens with zero attached hydrogens (tertiary/aromatic N) is 1. The quantitative estimate of drug-likeness (QED) is 0.808. The van der Waals surface area contributed by atoms with Gasteiger partial charge in [-0.3, -0.25) is 0 Å². The number of halogens is 1. The molecule has 0 aliphatic carbocycles. The Labute approximate surface area is 121 Å². The summed E-state index contributed by atoms with van der Waals surface area (Å²) in [6, 6.07) is 4.99. The van der Waals surface area contributed by atoms with Crippen LogP contribution in [0.3, 0.4) is 0 Å². The number of rotatable bonds is 7. The van der Waals surface area contributed by atoms with Gasteiger partial charge in [0.15, 0.2) is 0 Å². The van der Waals surface area contributed by atoms with Gasteiger partial charge in [0.1, 0.15) is 5.82 Å². The Bertz CT molecular complexity index is 429. The lowest BCUT2D eigenvalue weighted by molar-refractivity contribution is 0.0370. The van der Waals surface area contributed by atoms with Gasteiger partial charge in [-0.25, -0.2) is 4.39 Å². The second-order valence-corrected chi connectivity index (χ2v) is 6.08. The van der Waals surface area contributed by atoms with Crippen molar-refractivity contribution in [1.82, 2.24) is 4.90 Å². The van der Waals surface area contributed by atoms with Crippen molar-refractivity contribution in [3.05, 3.63) is 35.1 Å². The molecule has 1 rings (SSSR count). The Balaban J connectivity index is 2.57. The van der Waals surface area contributed by atoms with Crippen molar-refractivity contribution in [3.8, 4) is 0 Å². The van der Waals surface area contributed by atoms with E-state index in [9.17, 15) is 9.50 Å². The second kappa shape index (κ2) is 7.16. The zero-order valence-corrected chi connectivity index (χ0v) is 13.0. The first kappa shape index (κ1) is 17.1. The highest BCUT2D eigenvalue weighted by Gasteiger charge is 2.18. The van der Waals surface area contributed by atoms with Crippen LogP contribution in [0.15, 0.2) is 18.2 Å². The monoisotopic (exact) mass is 282 g/mol. The van der Waals surface area contributed by atoms with Gasteiger partial charge in [-0.05, 0) is 50.9 Å². The number of nitrogens with two attached hydrogens (primary N) is 1. The molecule has 1 aromatic carbocycles. The standard InChI is InChI=1S/C16H27FN2O/c1-5-19(11-16(3,4)20)9-8-15(18)13-7-6-12(2)14(17)10-13/h6-7,10,15,20H,5,8-9,11,18H2,1-4H3. The highest BCUT2D eigenvalue weighted by Crippen LogP contribution is 2.18. The van der Waals surface area contributed by atoms with Gasteiger partial charge >= 0.3 is 0 Å². The molecule has 0 radical (unpaired) electrons. The Morgan fingerprint density at radius 1 is 1.40 bits per heavy atom. The minimum absolute atomic E-state index is 0.180. The van der Waals surface area contributed by atoms with Crippen molar-refractivity contribution in [3.63, 3.8) is 0 Å². The zero-order chi connectivity index (χ0) is 15.3. The fourth-order valence-corrected chi connectivity index (χ4v) is 2.22. The van der Waals surface area contributed by atoms with E-state index in [0.717, 1.165) is 25.1 Å². The maximum atomic E-state index is 13.5. The third-order valence-electron chi connectivity index (χ3n) is 3.44. The van der Waals surface area contributed by atoms with Gasteiger partial charge in [0.05, 0.1) is 5.60 Å². The van der Waals surface area contributed by atoms with Gasteiger partial charge in [-0.1, -0.05) is 19.1 Å². The van der Waals surface area contributed by atoms with Crippen LogP contribution in [0.1, 0.15) is 44.4 Å². The van der Waals surface area contributed by atoms with E-state index in [1.807, 2.05) is 6.07 Å². The summed E-state index contributed by atoms with van der Waals surface area (Å²) >= 11 is 0. The van der Waals surface area contributed by atoms with Crippen LogP contribution >= 0.6 is 0 Å². The molecule has 0 amide bonds. The van der Waals surface area contributed by atoms with Gasteiger partial charge in [0.2, 0.25) is 0 Å². The van der Waals surface area contributed by atoms with E-state index in [-0.39, 0.29) is 11.9 Å². The molecule has 1 aromatic rings. The van der Waals surface area contributed by atoms with Crippen molar-refractivity contribution >= 4 is 0 Å². The average molecular weight is 282 g/mol. The summed E-state index contributed by atoms with van der Waals surface area (Å²) < 4.78 is 13.5. The molecule has 0 saturated heterocycles. The van der Waals surface area contributed by atoms with Crippen LogP contribution in [0.4, 0.5) is 4.39 Å². The Morgan fingerprint density at radius 2 is 2.05 bits per heavy atom. The van der Waals surface area contributed by atoms with Gasteiger partial charge in [0.25, 0.3) is 0 Å². The minimum Gasteiger partial charge on any atom is -0.389 e. The smallest absolute Gasteiger partial charge is 0.126 e. The Hall–Kier alpha value is -0.970. The Kier molecular flexibility index (Phi) is 6.11. The molecule has 0 aromatic heterocycles. The summed E-state index contributed by atoms with van der Waals surface area (Å²) in [4.78, 5) is 2.16. The van der Waals surface area contributed by atoms with Crippen molar-refractivity contribution in [2.24, 2.45) is 5.73 Å². The van der Waals surface area contributed by atoms with Gasteiger partial charge in [-0.2, -0.15) is 0 Å². The molecular weight excluding hydrogens is 255 g/mol. The second-order valence-electron chi connectivity index (χ2n) is 6.08. The lowest BCUT2D eigenvalue weighted by atomic mass is 10.0. The number of likely N-dealkylation sites (N-methyl/N-ethyl adjacent to an activating group) is 1. The topological polar surface area (TPSA) is 49.5 Å². The molecule has 0 spiro atoms. The molecular formula is C16H27FN2O. The third kappa shape index (κ3) is 5.57. The van der Waals surface area contributed by atoms with E-state index in [0.29, 0.717) is 12.1 Å². The molecule has 20 heavy (non-hydrogen) atoms. The van der Waals surface area contributed by atoms with Crippen LogP contribution < -0.4 is 5.73 Å². The number of aliphatic hydroxyl groups is 1. The van der Waals surface area contributed by atoms with E-state index >= 15 is 0 Å². The average Bonchev–Trinajstić information content (AvgIpc) is 2.36. The predicted octanol–water partition coefficient (Wildman–Crippen LogP) is 2.62. The Morgan fingerprint density at radius 3 is 2.55 bits per heavy atom. The summed E-state index contributed by atoms with van der Waals surface area (Å²) in [5.41, 5.74) is 6.88. The summed E-state index contributed by atoms with van der Waals surface area (Å²) in [7, 11) is 0. The van der Waals surface area contributed by atoms with E-state index in [1.165, 1.54) is 6.07 Å². The molecule has 4 heteroatoms. The van der Waals surface area contributed by atoms with Crippen LogP contribution in [0.25, 0.3) is 0 Å². The van der Waals surface area contributed by atoms with Crippen molar-refractivity contribution in [2.75, 3.05) is 19.6 Å². The van der Waals surface area contributed by atoms with Crippen molar-refractivity contribution in [1.29, 1.82) is 0 Å². The van der Waals surface area contributed by atoms with Gasteiger partial charge < -0.3 is 15.7 Å². The normalized spacial score (nSPS) is 13.8. The molecule has 1 atom stereocenters. The minimum atomic E-state index is -0.712. The number of benzene rings is 1. The highest BCUT2D eigenvalue weighted by molar-refractivity contribution is 5.25. The first-order valence-electron chi connectivity index (χ1n) is 7.19. The summed E-state index contributed by atoms with van der Waals surface area (Å²) in [5.74, 6) is -0.207. The molecule has 0 bridgehead atoms. The molecule has 114 valence electrons. The van der Waals surface area contributed by atoms with Crippen LogP contribution in [0.2, 0.25) is 0 Å². The highest BCUT2D eigenvalue weighted by atomic mass is 19.1. The summed E-state index contributed by atoms with van der Waals surface area (Å²) in [5, 5.41) is 9.85. The molecule has 3 nitrogen and oxygen atoms in total. The maximum Gasteiger partial charge on any atom is 0.126 e. The van der Waals surface area contributed by atoms with E-state index in [2.05, 4.69) is 11.8 Å². The van der Waals surface area contributed by atoms with Crippen LogP contribution in [-0.4, -0.2) is 35.2 Å². The predicted molar refractivity (Wildman–Crippen MR) is 81.1 cm³/mol. The van der Waals surface area contributed by atoms with Crippen molar-refractivity contribution < 1.29 is 9.50 Å². The van der Waals surface area contributed by atoms with E-state index in [1.54, 1.807) is 26.8 Å². The first-order valence-corrected chi connectivity index (χ1v) is 7.19. The van der Waals surface area contributed by atoms with E-state index in [4.69, 9.17) is 5.73 Å². The third-order valence-corrected chi connectivity index (χ3v) is 3.44. The summed E-state index contributed by atoms with van der Waals surface area (Å²) in [6.45, 7) is 9.65. The van der Waals surface area contributed by atoms with Crippen LogP contribution in [-0.2, 0) is 0 Å². The molecule has 0 aliphatic rings. The molecule has 0 heterocycles. The van der Waals surface area contributed by atoms with Crippen molar-refractivity contribution in [2.45, 2.75) is 45.8 Å². The summed E-state index contributed by atoms with van der Waals surface area (Å²) in [6.07, 6.45) is 0.742. The number of hydrogen-bond acceptors (Lipinski definition) is 3. The fourth-order valence-electron chi connectivity index (χ4n) is 2.22. The number of aryl methyl sites for hydroxylation is 1. The molecule has 3 N–H and O–H groups in total. The lowest BCUT2D eigenvalue weighted by Crippen LogP contribution is -2.39. The lowest BCUT2D eigenvalue weighted by Gasteiger charge is -2.28. The fraction of sp³-hybridized carbons (Fsp3) is 0.625. The van der Waals surface area contributed by atoms with Gasteiger partial charge in [0, 0.05) is 19.1 Å². The number of hydrogen-bond donors (Lipinski definition) is 2. The van der Waals surface area contributed by atoms with Crippen LogP contribution in [0, 0.1) is 12.7 Å². The van der Waals surface area contributed by atoms with E-state index < -0.39 is 5.60 Å². The van der Waals surface area contributed by atoms with Crippen LogP contribution in [0.5, 0.6) is 0 Å². The van der Waals surface area contributed by atoms with Gasteiger partial charge in [-0.15, -0.1) is 0 Å². The molecule has 0 fully saturated rings. The molecule has 0 aliphatic heterocycles. The molecule has 0 saturated carbocycles. The first-order chi connectivity index (χ1) is 9.23. The SMILES string of the molecule is CCN(CCC(N)c1ccc(C)c(F)c1)CC(C)(C)O. The largest absolute Gasteiger partial charge is 0.389 e.